The zero-order chi connectivity index (χ0) is 13.9. The number of pyridine rings is 1. The minimum atomic E-state index is -0.221. The lowest BCUT2D eigenvalue weighted by Gasteiger charge is -2.03. The van der Waals surface area contributed by atoms with Crippen molar-refractivity contribution >= 4 is 17.1 Å². The van der Waals surface area contributed by atoms with Gasteiger partial charge in [0.1, 0.15) is 11.8 Å². The van der Waals surface area contributed by atoms with E-state index in [1.807, 2.05) is 48.5 Å². The maximum absolute atomic E-state index is 12.3. The molecule has 0 saturated heterocycles. The number of nitriles is 1. The van der Waals surface area contributed by atoms with E-state index >= 15 is 0 Å². The van der Waals surface area contributed by atoms with E-state index in [1.165, 1.54) is 0 Å². The van der Waals surface area contributed by atoms with Crippen molar-refractivity contribution in [2.24, 2.45) is 0 Å². The van der Waals surface area contributed by atoms with Gasteiger partial charge in [0, 0.05) is 11.9 Å². The highest BCUT2D eigenvalue weighted by atomic mass is 16.1. The molecule has 2 aromatic heterocycles. The van der Waals surface area contributed by atoms with Gasteiger partial charge in [0.25, 0.3) is 5.91 Å². The van der Waals surface area contributed by atoms with Gasteiger partial charge in [-0.3, -0.25) is 4.79 Å². The summed E-state index contributed by atoms with van der Waals surface area (Å²) in [6, 6.07) is 18.4. The second-order valence-electron chi connectivity index (χ2n) is 4.33. The van der Waals surface area contributed by atoms with Crippen LogP contribution in [0.4, 0.5) is 5.69 Å². The molecule has 0 saturated carbocycles. The van der Waals surface area contributed by atoms with E-state index < -0.39 is 0 Å². The molecule has 96 valence electrons. The van der Waals surface area contributed by atoms with Crippen molar-refractivity contribution in [2.45, 2.75) is 0 Å². The van der Waals surface area contributed by atoms with Gasteiger partial charge in [0.15, 0.2) is 0 Å². The Hall–Kier alpha value is -3.06. The fourth-order valence-electron chi connectivity index (χ4n) is 2.14. The number of aromatic nitrogens is 1. The van der Waals surface area contributed by atoms with Crippen molar-refractivity contribution in [3.8, 4) is 6.07 Å². The molecule has 0 radical (unpaired) electrons. The number of fused-ring (bicyclic) bond motifs is 1. The number of carbonyl (C=O) groups is 1. The van der Waals surface area contributed by atoms with Crippen molar-refractivity contribution in [2.75, 3.05) is 5.32 Å². The van der Waals surface area contributed by atoms with E-state index in [1.54, 1.807) is 16.7 Å². The van der Waals surface area contributed by atoms with Crippen LogP contribution in [-0.2, 0) is 0 Å². The summed E-state index contributed by atoms with van der Waals surface area (Å²) in [4.78, 5) is 12.3. The van der Waals surface area contributed by atoms with Gasteiger partial charge in [-0.05, 0) is 30.3 Å². The average molecular weight is 261 g/mol. The van der Waals surface area contributed by atoms with Crippen molar-refractivity contribution in [3.05, 3.63) is 72.1 Å². The van der Waals surface area contributed by atoms with Crippen LogP contribution in [0.25, 0.3) is 5.52 Å². The molecule has 2 heterocycles. The molecule has 0 bridgehead atoms. The number of para-hydroxylation sites is 1. The van der Waals surface area contributed by atoms with Crippen molar-refractivity contribution in [3.63, 3.8) is 0 Å². The second kappa shape index (κ2) is 4.90. The number of hydrogen-bond donors (Lipinski definition) is 1. The van der Waals surface area contributed by atoms with Gasteiger partial charge in [-0.15, -0.1) is 0 Å². The molecule has 1 amide bonds. The van der Waals surface area contributed by atoms with Gasteiger partial charge >= 0.3 is 0 Å². The third-order valence-electron chi connectivity index (χ3n) is 3.07. The predicted molar refractivity (Wildman–Crippen MR) is 76.5 cm³/mol. The standard InChI is InChI=1S/C16H11N3O/c17-11-13-10-14(15-8-4-5-9-19(13)15)16(20)18-12-6-2-1-3-7-12/h1-10H,(H,18,20). The molecule has 4 heteroatoms. The molecular weight excluding hydrogens is 250 g/mol. The van der Waals surface area contributed by atoms with Crippen LogP contribution in [0.2, 0.25) is 0 Å². The van der Waals surface area contributed by atoms with Gasteiger partial charge in [0.2, 0.25) is 0 Å². The average Bonchev–Trinajstić information content (AvgIpc) is 2.87. The molecule has 1 N–H and O–H groups in total. The molecule has 0 aliphatic carbocycles. The van der Waals surface area contributed by atoms with E-state index in [9.17, 15) is 4.79 Å². The van der Waals surface area contributed by atoms with Crippen LogP contribution in [0, 0.1) is 11.3 Å². The number of nitrogens with zero attached hydrogens (tertiary/aromatic N) is 2. The van der Waals surface area contributed by atoms with Crippen LogP contribution in [-0.4, -0.2) is 10.3 Å². The third kappa shape index (κ3) is 2.02. The van der Waals surface area contributed by atoms with E-state index in [0.29, 0.717) is 11.3 Å². The Morgan fingerprint density at radius 1 is 1.10 bits per heavy atom. The van der Waals surface area contributed by atoms with Gasteiger partial charge in [-0.25, -0.2) is 0 Å². The zero-order valence-corrected chi connectivity index (χ0v) is 10.6. The van der Waals surface area contributed by atoms with Crippen molar-refractivity contribution in [1.29, 1.82) is 5.26 Å². The molecular formula is C16H11N3O. The number of benzene rings is 1. The smallest absolute Gasteiger partial charge is 0.257 e. The van der Waals surface area contributed by atoms with Crippen molar-refractivity contribution in [1.82, 2.24) is 4.40 Å². The Labute approximate surface area is 115 Å². The summed E-state index contributed by atoms with van der Waals surface area (Å²) < 4.78 is 1.71. The van der Waals surface area contributed by atoms with Crippen molar-refractivity contribution < 1.29 is 4.79 Å². The number of nitrogens with one attached hydrogen (secondary N) is 1. The van der Waals surface area contributed by atoms with Gasteiger partial charge in [0.05, 0.1) is 11.1 Å². The lowest BCUT2D eigenvalue weighted by Crippen LogP contribution is -2.11. The first-order valence-corrected chi connectivity index (χ1v) is 6.16. The summed E-state index contributed by atoms with van der Waals surface area (Å²) in [5.41, 5.74) is 2.38. The normalized spacial score (nSPS) is 10.2. The molecule has 1 aromatic carbocycles. The van der Waals surface area contributed by atoms with Gasteiger partial charge < -0.3 is 9.72 Å². The number of hydrogen-bond acceptors (Lipinski definition) is 2. The molecule has 4 nitrogen and oxygen atoms in total. The minimum absolute atomic E-state index is 0.221. The second-order valence-corrected chi connectivity index (χ2v) is 4.33. The largest absolute Gasteiger partial charge is 0.322 e. The summed E-state index contributed by atoms with van der Waals surface area (Å²) in [5, 5.41) is 11.9. The molecule has 0 fully saturated rings. The lowest BCUT2D eigenvalue weighted by molar-refractivity contribution is 0.102. The fourth-order valence-corrected chi connectivity index (χ4v) is 2.14. The third-order valence-corrected chi connectivity index (χ3v) is 3.07. The highest BCUT2D eigenvalue weighted by molar-refractivity contribution is 6.09. The lowest BCUT2D eigenvalue weighted by atomic mass is 10.2. The minimum Gasteiger partial charge on any atom is -0.322 e. The topological polar surface area (TPSA) is 57.3 Å². The molecule has 0 unspecified atom stereocenters. The summed E-state index contributed by atoms with van der Waals surface area (Å²) in [7, 11) is 0. The van der Waals surface area contributed by atoms with Crippen LogP contribution >= 0.6 is 0 Å². The molecule has 0 spiro atoms. The first-order chi connectivity index (χ1) is 9.79. The Morgan fingerprint density at radius 3 is 2.60 bits per heavy atom. The van der Waals surface area contributed by atoms with Crippen LogP contribution in [0.1, 0.15) is 16.1 Å². The van der Waals surface area contributed by atoms with Gasteiger partial charge in [-0.1, -0.05) is 24.3 Å². The monoisotopic (exact) mass is 261 g/mol. The van der Waals surface area contributed by atoms with Crippen LogP contribution in [0.3, 0.4) is 0 Å². The highest BCUT2D eigenvalue weighted by Crippen LogP contribution is 2.18. The first-order valence-electron chi connectivity index (χ1n) is 6.16. The summed E-state index contributed by atoms with van der Waals surface area (Å²) in [6.07, 6.45) is 1.77. The SMILES string of the molecule is N#Cc1cc(C(=O)Nc2ccccc2)c2ccccn12. The molecule has 0 aliphatic rings. The summed E-state index contributed by atoms with van der Waals surface area (Å²) >= 11 is 0. The fraction of sp³-hybridized carbons (Fsp3) is 0. The Balaban J connectivity index is 2.02. The summed E-state index contributed by atoms with van der Waals surface area (Å²) in [6.45, 7) is 0. The van der Waals surface area contributed by atoms with Crippen LogP contribution in [0.5, 0.6) is 0 Å². The molecule has 0 aliphatic heterocycles. The molecule has 20 heavy (non-hydrogen) atoms. The van der Waals surface area contributed by atoms with E-state index in [0.717, 1.165) is 11.2 Å². The Morgan fingerprint density at radius 2 is 1.85 bits per heavy atom. The maximum Gasteiger partial charge on any atom is 0.257 e. The number of rotatable bonds is 2. The predicted octanol–water partition coefficient (Wildman–Crippen LogP) is 3.06. The highest BCUT2D eigenvalue weighted by Gasteiger charge is 2.14. The van der Waals surface area contributed by atoms with Gasteiger partial charge in [-0.2, -0.15) is 5.26 Å². The zero-order valence-electron chi connectivity index (χ0n) is 10.6. The number of anilines is 1. The maximum atomic E-state index is 12.3. The van der Waals surface area contributed by atoms with E-state index in [-0.39, 0.29) is 5.91 Å². The quantitative estimate of drug-likeness (QED) is 0.770. The Kier molecular flexibility index (Phi) is 2.94. The first kappa shape index (κ1) is 12.0. The molecule has 3 rings (SSSR count). The Bertz CT molecular complexity index is 813. The van der Waals surface area contributed by atoms with E-state index in [4.69, 9.17) is 5.26 Å². The molecule has 0 atom stereocenters. The van der Waals surface area contributed by atoms with Crippen LogP contribution < -0.4 is 5.32 Å². The van der Waals surface area contributed by atoms with Crippen LogP contribution in [0.15, 0.2) is 60.8 Å². The summed E-state index contributed by atoms with van der Waals surface area (Å²) in [5.74, 6) is -0.221. The van der Waals surface area contributed by atoms with E-state index in [2.05, 4.69) is 11.4 Å². The number of carbonyl (C=O) groups excluding carboxylic acids is 1. The molecule has 3 aromatic rings. The number of amides is 1.